The van der Waals surface area contributed by atoms with E-state index in [1.54, 1.807) is 48.5 Å². The van der Waals surface area contributed by atoms with Crippen LogP contribution in [-0.2, 0) is 16.0 Å². The van der Waals surface area contributed by atoms with Gasteiger partial charge in [0.1, 0.15) is 0 Å². The van der Waals surface area contributed by atoms with E-state index in [2.05, 4.69) is 16.2 Å². The van der Waals surface area contributed by atoms with E-state index < -0.39 is 5.91 Å². The monoisotopic (exact) mass is 407 g/mol. The van der Waals surface area contributed by atoms with E-state index in [4.69, 9.17) is 35.4 Å². The number of nitrogens with one attached hydrogen (secondary N) is 3. The summed E-state index contributed by atoms with van der Waals surface area (Å²) in [7, 11) is 0. The molecule has 0 unspecified atom stereocenters. The molecule has 3 N–H and O–H groups in total. The second kappa shape index (κ2) is 9.91. The first-order chi connectivity index (χ1) is 12.4. The fraction of sp³-hybridized carbons (Fsp3) is 0.0556. The van der Waals surface area contributed by atoms with Gasteiger partial charge < -0.3 is 0 Å². The highest BCUT2D eigenvalue weighted by Crippen LogP contribution is 2.16. The maximum absolute atomic E-state index is 11.8. The Bertz CT molecular complexity index is 839. The van der Waals surface area contributed by atoms with Crippen molar-refractivity contribution in [3.8, 4) is 0 Å². The first-order valence-corrected chi connectivity index (χ1v) is 8.67. The van der Waals surface area contributed by atoms with Crippen LogP contribution in [0.3, 0.4) is 0 Å². The Morgan fingerprint density at radius 3 is 2.38 bits per heavy atom. The summed E-state index contributed by atoms with van der Waals surface area (Å²) in [4.78, 5) is 23.6. The highest BCUT2D eigenvalue weighted by Gasteiger charge is 2.05. The maximum atomic E-state index is 11.8. The third-order valence-electron chi connectivity index (χ3n) is 3.15. The predicted molar refractivity (Wildman–Crippen MR) is 108 cm³/mol. The molecular weight excluding hydrogens is 393 g/mol. The molecule has 0 atom stereocenters. The van der Waals surface area contributed by atoms with Gasteiger partial charge in [0.2, 0.25) is 11.8 Å². The average Bonchev–Trinajstić information content (AvgIpc) is 2.61. The van der Waals surface area contributed by atoms with Crippen molar-refractivity contribution in [3.05, 3.63) is 75.8 Å². The zero-order valence-corrected chi connectivity index (χ0v) is 15.8. The lowest BCUT2D eigenvalue weighted by Gasteiger charge is -2.09. The lowest BCUT2D eigenvalue weighted by molar-refractivity contribution is -0.121. The summed E-state index contributed by atoms with van der Waals surface area (Å²) in [5, 5.41) is 3.52. The van der Waals surface area contributed by atoms with Gasteiger partial charge in [-0.2, -0.15) is 0 Å². The number of hydrazine groups is 1. The highest BCUT2D eigenvalue weighted by atomic mass is 35.5. The van der Waals surface area contributed by atoms with Crippen molar-refractivity contribution in [3.63, 3.8) is 0 Å². The van der Waals surface area contributed by atoms with Gasteiger partial charge in [-0.05, 0) is 47.6 Å². The normalized spacial score (nSPS) is 10.4. The van der Waals surface area contributed by atoms with E-state index >= 15 is 0 Å². The largest absolute Gasteiger partial charge is 0.298 e. The lowest BCUT2D eigenvalue weighted by Crippen LogP contribution is -2.48. The molecule has 2 aromatic carbocycles. The summed E-state index contributed by atoms with van der Waals surface area (Å²) in [6.45, 7) is 0. The minimum Gasteiger partial charge on any atom is -0.298 e. The van der Waals surface area contributed by atoms with Gasteiger partial charge in [0, 0.05) is 16.1 Å². The van der Waals surface area contributed by atoms with E-state index in [1.165, 1.54) is 6.08 Å². The van der Waals surface area contributed by atoms with Crippen molar-refractivity contribution in [1.29, 1.82) is 0 Å². The maximum Gasteiger partial charge on any atom is 0.250 e. The van der Waals surface area contributed by atoms with Crippen LogP contribution < -0.4 is 16.2 Å². The van der Waals surface area contributed by atoms with Crippen LogP contribution in [0.4, 0.5) is 0 Å². The molecule has 0 heterocycles. The standard InChI is InChI=1S/C18H15Cl2N3O2S/c19-14-8-5-12(6-9-14)11-17(25)22-23-18(26)21-16(24)10-7-13-3-1-2-4-15(13)20/h1-10H,11H2,(H,22,25)(H2,21,23,24,26). The Hall–Kier alpha value is -2.41. The van der Waals surface area contributed by atoms with Crippen LogP contribution in [0, 0.1) is 0 Å². The van der Waals surface area contributed by atoms with Gasteiger partial charge in [0.05, 0.1) is 6.42 Å². The third-order valence-corrected chi connectivity index (χ3v) is 3.95. The molecule has 26 heavy (non-hydrogen) atoms. The first-order valence-electron chi connectivity index (χ1n) is 7.51. The number of rotatable bonds is 4. The minimum absolute atomic E-state index is 0.0248. The molecule has 2 rings (SSSR count). The van der Waals surface area contributed by atoms with E-state index in [9.17, 15) is 9.59 Å². The fourth-order valence-electron chi connectivity index (χ4n) is 1.92. The van der Waals surface area contributed by atoms with Gasteiger partial charge >= 0.3 is 0 Å². The number of benzene rings is 2. The number of carbonyl (C=O) groups excluding carboxylic acids is 2. The summed E-state index contributed by atoms with van der Waals surface area (Å²) in [6.07, 6.45) is 3.01. The third kappa shape index (κ3) is 6.84. The van der Waals surface area contributed by atoms with Gasteiger partial charge in [-0.1, -0.05) is 53.5 Å². The molecule has 0 saturated carbocycles. The molecule has 2 aromatic rings. The lowest BCUT2D eigenvalue weighted by atomic mass is 10.1. The zero-order chi connectivity index (χ0) is 18.9. The summed E-state index contributed by atoms with van der Waals surface area (Å²) in [5.41, 5.74) is 6.38. The number of amides is 2. The molecular formula is C18H15Cl2N3O2S. The Morgan fingerprint density at radius 1 is 1.00 bits per heavy atom. The summed E-state index contributed by atoms with van der Waals surface area (Å²) >= 11 is 16.7. The van der Waals surface area contributed by atoms with Crippen molar-refractivity contribution < 1.29 is 9.59 Å². The summed E-state index contributed by atoms with van der Waals surface area (Å²) < 4.78 is 0. The molecule has 0 bridgehead atoms. The van der Waals surface area contributed by atoms with E-state index in [1.807, 2.05) is 6.07 Å². The highest BCUT2D eigenvalue weighted by molar-refractivity contribution is 7.80. The molecule has 0 aromatic heterocycles. The average molecular weight is 408 g/mol. The molecule has 0 radical (unpaired) electrons. The number of hydrogen-bond acceptors (Lipinski definition) is 3. The van der Waals surface area contributed by atoms with E-state index in [0.717, 1.165) is 5.56 Å². The molecule has 134 valence electrons. The molecule has 0 spiro atoms. The first kappa shape index (κ1) is 19.9. The van der Waals surface area contributed by atoms with Crippen molar-refractivity contribution >= 4 is 58.4 Å². The molecule has 2 amide bonds. The molecule has 0 saturated heterocycles. The number of hydrogen-bond donors (Lipinski definition) is 3. The molecule has 8 heteroatoms. The van der Waals surface area contributed by atoms with Gasteiger partial charge in [-0.25, -0.2) is 0 Å². The smallest absolute Gasteiger partial charge is 0.250 e. The van der Waals surface area contributed by atoms with Gasteiger partial charge in [0.15, 0.2) is 5.11 Å². The van der Waals surface area contributed by atoms with Gasteiger partial charge in [-0.3, -0.25) is 25.8 Å². The Labute approximate surface area is 166 Å². The van der Waals surface area contributed by atoms with Crippen LogP contribution in [0.5, 0.6) is 0 Å². The van der Waals surface area contributed by atoms with Crippen molar-refractivity contribution in [2.45, 2.75) is 6.42 Å². The molecule has 0 fully saturated rings. The second-order valence-electron chi connectivity index (χ2n) is 5.15. The summed E-state index contributed by atoms with van der Waals surface area (Å²) in [5.74, 6) is -0.759. The fourth-order valence-corrected chi connectivity index (χ4v) is 2.40. The van der Waals surface area contributed by atoms with Crippen LogP contribution in [0.15, 0.2) is 54.6 Å². The van der Waals surface area contributed by atoms with Crippen molar-refractivity contribution in [2.24, 2.45) is 0 Å². The molecule has 0 aliphatic carbocycles. The SMILES string of the molecule is O=C(C=Cc1ccccc1Cl)NC(=S)NNC(=O)Cc1ccc(Cl)cc1. The minimum atomic E-state index is -0.450. The van der Waals surface area contributed by atoms with E-state index in [0.29, 0.717) is 15.6 Å². The Balaban J connectivity index is 1.75. The van der Waals surface area contributed by atoms with Crippen molar-refractivity contribution in [2.75, 3.05) is 0 Å². The Morgan fingerprint density at radius 2 is 1.69 bits per heavy atom. The number of thiocarbonyl (C=S) groups is 1. The predicted octanol–water partition coefficient (Wildman–Crippen LogP) is 3.27. The second-order valence-corrected chi connectivity index (χ2v) is 6.40. The molecule has 0 aliphatic heterocycles. The van der Waals surface area contributed by atoms with Gasteiger partial charge in [-0.15, -0.1) is 0 Å². The topological polar surface area (TPSA) is 70.2 Å². The molecule has 5 nitrogen and oxygen atoms in total. The quantitative estimate of drug-likeness (QED) is 0.413. The number of carbonyl (C=O) groups is 2. The van der Waals surface area contributed by atoms with Crippen LogP contribution in [0.25, 0.3) is 6.08 Å². The van der Waals surface area contributed by atoms with E-state index in [-0.39, 0.29) is 17.4 Å². The zero-order valence-electron chi connectivity index (χ0n) is 13.5. The molecule has 0 aliphatic rings. The van der Waals surface area contributed by atoms with Crippen LogP contribution in [0.2, 0.25) is 10.0 Å². The van der Waals surface area contributed by atoms with Gasteiger partial charge in [0.25, 0.3) is 0 Å². The van der Waals surface area contributed by atoms with Crippen LogP contribution >= 0.6 is 35.4 Å². The Kier molecular flexibility index (Phi) is 7.59. The van der Waals surface area contributed by atoms with Crippen LogP contribution in [0.1, 0.15) is 11.1 Å². The van der Waals surface area contributed by atoms with Crippen molar-refractivity contribution in [1.82, 2.24) is 16.2 Å². The number of halogens is 2. The van der Waals surface area contributed by atoms with Crippen LogP contribution in [-0.4, -0.2) is 16.9 Å². The summed E-state index contributed by atoms with van der Waals surface area (Å²) in [6, 6.07) is 14.0.